The van der Waals surface area contributed by atoms with Crippen LogP contribution in [0.5, 0.6) is 0 Å². The summed E-state index contributed by atoms with van der Waals surface area (Å²) in [7, 11) is 0. The zero-order valence-corrected chi connectivity index (χ0v) is 17.6. The maximum atomic E-state index is 4.63. The molecule has 0 N–H and O–H groups in total. The van der Waals surface area contributed by atoms with Crippen LogP contribution in [0, 0.1) is 12.1 Å². The molecule has 0 aliphatic rings. The van der Waals surface area contributed by atoms with E-state index in [0.717, 1.165) is 41.0 Å². The normalized spacial score (nSPS) is 11.2. The van der Waals surface area contributed by atoms with Crippen LogP contribution >= 0.6 is 0 Å². The van der Waals surface area contributed by atoms with Crippen LogP contribution in [-0.4, -0.2) is 19.5 Å². The van der Waals surface area contributed by atoms with Gasteiger partial charge in [0.2, 0.25) is 0 Å². The van der Waals surface area contributed by atoms with Crippen LogP contribution < -0.4 is 0 Å². The molecule has 1 radical (unpaired) electrons. The van der Waals surface area contributed by atoms with Crippen LogP contribution in [-0.2, 0) is 33.1 Å². The summed E-state index contributed by atoms with van der Waals surface area (Å²) in [5.41, 5.74) is 5.04. The van der Waals surface area contributed by atoms with Gasteiger partial charge in [0, 0.05) is 37.9 Å². The van der Waals surface area contributed by atoms with Crippen molar-refractivity contribution >= 4 is 21.9 Å². The quantitative estimate of drug-likeness (QED) is 0.367. The molecular weight excluding hydrogens is 500 g/mol. The molecule has 0 fully saturated rings. The fourth-order valence-electron chi connectivity index (χ4n) is 3.40. The maximum Gasteiger partial charge on any atom is 0.105 e. The Bertz CT molecular complexity index is 1050. The van der Waals surface area contributed by atoms with Gasteiger partial charge in [-0.3, -0.25) is 4.98 Å². The Morgan fingerprint density at radius 3 is 2.65 bits per heavy atom. The molecule has 4 nitrogen and oxygen atoms in total. The smallest absolute Gasteiger partial charge is 0.105 e. The molecule has 0 saturated heterocycles. The largest absolute Gasteiger partial charge is 0.366 e. The molecular formula is C21H21IrN4-. The minimum absolute atomic E-state index is 0. The van der Waals surface area contributed by atoms with E-state index >= 15 is 0 Å². The molecule has 4 rings (SSSR count). The summed E-state index contributed by atoms with van der Waals surface area (Å²) >= 11 is 0. The van der Waals surface area contributed by atoms with Crippen LogP contribution in [0.2, 0.25) is 0 Å². The monoisotopic (exact) mass is 522 g/mol. The molecule has 5 heteroatoms. The number of rotatable bonds is 4. The van der Waals surface area contributed by atoms with Crippen molar-refractivity contribution in [3.63, 3.8) is 0 Å². The first kappa shape index (κ1) is 18.7. The van der Waals surface area contributed by atoms with Gasteiger partial charge in [0.05, 0.1) is 5.65 Å². The first-order chi connectivity index (χ1) is 12.2. The molecule has 0 aliphatic carbocycles. The van der Waals surface area contributed by atoms with Crippen LogP contribution in [0.3, 0.4) is 0 Å². The van der Waals surface area contributed by atoms with E-state index in [9.17, 15) is 0 Å². The number of aryl methyl sites for hydroxylation is 1. The number of benzene rings is 1. The van der Waals surface area contributed by atoms with Crippen LogP contribution in [0.25, 0.3) is 33.2 Å². The minimum atomic E-state index is 0. The van der Waals surface area contributed by atoms with Gasteiger partial charge in [-0.2, -0.15) is 0 Å². The molecule has 0 amide bonds. The SMILES string of the molecule is CCn1c2ccccc2c2cc(-c3cc(CC(C)C)ncn3)[c-]nc21.[Ir]. The Hall–Kier alpha value is -2.10. The zero-order valence-electron chi connectivity index (χ0n) is 15.2. The second kappa shape index (κ2) is 7.65. The van der Waals surface area contributed by atoms with Crippen molar-refractivity contribution in [2.45, 2.75) is 33.7 Å². The van der Waals surface area contributed by atoms with E-state index in [1.54, 1.807) is 6.33 Å². The van der Waals surface area contributed by atoms with Crippen molar-refractivity contribution in [3.05, 3.63) is 54.6 Å². The van der Waals surface area contributed by atoms with Crippen molar-refractivity contribution in [2.24, 2.45) is 5.92 Å². The van der Waals surface area contributed by atoms with Gasteiger partial charge in [-0.1, -0.05) is 43.5 Å². The van der Waals surface area contributed by atoms with Crippen LogP contribution in [0.15, 0.2) is 42.7 Å². The minimum Gasteiger partial charge on any atom is -0.366 e. The van der Waals surface area contributed by atoms with E-state index in [1.165, 1.54) is 10.9 Å². The number of fused-ring (bicyclic) bond motifs is 3. The third-order valence-corrected chi connectivity index (χ3v) is 4.49. The Kier molecular flexibility index (Phi) is 5.49. The van der Waals surface area contributed by atoms with Gasteiger partial charge in [-0.05, 0) is 42.6 Å². The third kappa shape index (κ3) is 3.29. The van der Waals surface area contributed by atoms with Crippen molar-refractivity contribution in [1.29, 1.82) is 0 Å². The molecule has 4 aromatic rings. The summed E-state index contributed by atoms with van der Waals surface area (Å²) in [4.78, 5) is 13.5. The molecule has 3 heterocycles. The summed E-state index contributed by atoms with van der Waals surface area (Å²) in [5.74, 6) is 0.565. The van der Waals surface area contributed by atoms with E-state index < -0.39 is 0 Å². The molecule has 26 heavy (non-hydrogen) atoms. The summed E-state index contributed by atoms with van der Waals surface area (Å²) in [6.45, 7) is 7.42. The van der Waals surface area contributed by atoms with Gasteiger partial charge in [0.25, 0.3) is 0 Å². The summed E-state index contributed by atoms with van der Waals surface area (Å²) in [6, 6.07) is 12.6. The standard InChI is InChI=1S/C21H21N4.Ir/c1-4-25-20-8-6-5-7-17(20)18-10-15(12-22-21(18)25)19-11-16(9-14(2)3)23-13-24-19;/h5-8,10-11,13-14H,4,9H2,1-3H3;/q-1;. The van der Waals surface area contributed by atoms with Gasteiger partial charge in [0.15, 0.2) is 0 Å². The Morgan fingerprint density at radius 2 is 1.88 bits per heavy atom. The van der Waals surface area contributed by atoms with Gasteiger partial charge >= 0.3 is 0 Å². The maximum absolute atomic E-state index is 4.63. The fraction of sp³-hybridized carbons (Fsp3) is 0.286. The van der Waals surface area contributed by atoms with Gasteiger partial charge < -0.3 is 9.55 Å². The van der Waals surface area contributed by atoms with Crippen molar-refractivity contribution in [3.8, 4) is 11.3 Å². The van der Waals surface area contributed by atoms with Crippen molar-refractivity contribution in [2.75, 3.05) is 0 Å². The number of hydrogen-bond donors (Lipinski definition) is 0. The Labute approximate surface area is 167 Å². The second-order valence-electron chi connectivity index (χ2n) is 6.77. The fourth-order valence-corrected chi connectivity index (χ4v) is 3.40. The van der Waals surface area contributed by atoms with Crippen LogP contribution in [0.1, 0.15) is 26.5 Å². The number of nitrogens with zero attached hydrogens (tertiary/aromatic N) is 4. The predicted octanol–water partition coefficient (Wildman–Crippen LogP) is 4.66. The Balaban J connectivity index is 0.00000196. The number of para-hydroxylation sites is 1. The zero-order chi connectivity index (χ0) is 17.4. The van der Waals surface area contributed by atoms with Gasteiger partial charge in [-0.25, -0.2) is 4.98 Å². The average Bonchev–Trinajstić information content (AvgIpc) is 2.94. The third-order valence-electron chi connectivity index (χ3n) is 4.49. The number of pyridine rings is 1. The number of aromatic nitrogens is 4. The van der Waals surface area contributed by atoms with Gasteiger partial charge in [-0.15, -0.1) is 11.6 Å². The Morgan fingerprint density at radius 1 is 1.08 bits per heavy atom. The second-order valence-corrected chi connectivity index (χ2v) is 6.77. The molecule has 1 aromatic carbocycles. The van der Waals surface area contributed by atoms with Crippen LogP contribution in [0.4, 0.5) is 0 Å². The predicted molar refractivity (Wildman–Crippen MR) is 101 cm³/mol. The summed E-state index contributed by atoms with van der Waals surface area (Å²) in [5, 5.41) is 2.37. The first-order valence-corrected chi connectivity index (χ1v) is 8.78. The van der Waals surface area contributed by atoms with E-state index in [1.807, 2.05) is 0 Å². The number of hydrogen-bond acceptors (Lipinski definition) is 3. The van der Waals surface area contributed by atoms with Crippen molar-refractivity contribution in [1.82, 2.24) is 19.5 Å². The topological polar surface area (TPSA) is 43.6 Å². The molecule has 0 bridgehead atoms. The molecule has 135 valence electrons. The first-order valence-electron chi connectivity index (χ1n) is 8.78. The average molecular weight is 522 g/mol. The van der Waals surface area contributed by atoms with Crippen molar-refractivity contribution < 1.29 is 20.1 Å². The molecule has 0 aliphatic heterocycles. The van der Waals surface area contributed by atoms with E-state index in [4.69, 9.17) is 0 Å². The van der Waals surface area contributed by atoms with Gasteiger partial charge in [0.1, 0.15) is 6.33 Å². The summed E-state index contributed by atoms with van der Waals surface area (Å²) in [6.07, 6.45) is 5.77. The molecule has 3 aromatic heterocycles. The van der Waals surface area contributed by atoms with E-state index in [0.29, 0.717) is 5.92 Å². The molecule has 0 unspecified atom stereocenters. The molecule has 0 saturated carbocycles. The van der Waals surface area contributed by atoms with E-state index in [-0.39, 0.29) is 20.1 Å². The van der Waals surface area contributed by atoms with E-state index in [2.05, 4.69) is 82.9 Å². The summed E-state index contributed by atoms with van der Waals surface area (Å²) < 4.78 is 2.23. The molecule has 0 atom stereocenters. The molecule has 0 spiro atoms.